The van der Waals surface area contributed by atoms with E-state index in [-0.39, 0.29) is 0 Å². The van der Waals surface area contributed by atoms with Gasteiger partial charge in [0.1, 0.15) is 0 Å². The van der Waals surface area contributed by atoms with E-state index in [4.69, 9.17) is 5.41 Å². The normalized spacial score (nSPS) is 22.8. The Morgan fingerprint density at radius 3 is 2.25 bits per heavy atom. The highest BCUT2D eigenvalue weighted by molar-refractivity contribution is 5.81. The van der Waals surface area contributed by atoms with Gasteiger partial charge in [-0.2, -0.15) is 0 Å². The maximum Gasteiger partial charge on any atom is 0.0989 e. The highest BCUT2D eigenvalue weighted by atomic mass is 15.2. The first-order valence-electron chi connectivity index (χ1n) is 7.14. The summed E-state index contributed by atoms with van der Waals surface area (Å²) in [4.78, 5) is 2.35. The van der Waals surface area contributed by atoms with Crippen molar-refractivity contribution in [2.45, 2.75) is 58.3 Å². The fourth-order valence-corrected chi connectivity index (χ4v) is 3.02. The molecule has 0 heterocycles. The third-order valence-corrected chi connectivity index (χ3v) is 4.42. The Balaban J connectivity index is 1.83. The summed E-state index contributed by atoms with van der Waals surface area (Å²) >= 11 is 0. The van der Waals surface area contributed by atoms with E-state index in [1.807, 2.05) is 0 Å². The average molecular weight is 222 g/mol. The second-order valence-corrected chi connectivity index (χ2v) is 5.56. The summed E-state index contributed by atoms with van der Waals surface area (Å²) in [7, 11) is 0. The topological polar surface area (TPSA) is 27.1 Å². The van der Waals surface area contributed by atoms with E-state index in [0.29, 0.717) is 5.92 Å². The molecule has 0 bridgehead atoms. The fraction of sp³-hybridized carbons (Fsp3) is 0.929. The Labute approximate surface area is 99.9 Å². The van der Waals surface area contributed by atoms with Crippen molar-refractivity contribution >= 4 is 5.84 Å². The van der Waals surface area contributed by atoms with E-state index in [1.165, 1.54) is 51.4 Å². The molecule has 0 aromatic rings. The number of nitrogens with zero attached hydrogens (tertiary/aromatic N) is 1. The van der Waals surface area contributed by atoms with E-state index >= 15 is 0 Å². The zero-order valence-corrected chi connectivity index (χ0v) is 10.7. The molecule has 0 saturated heterocycles. The van der Waals surface area contributed by atoms with Gasteiger partial charge in [-0.25, -0.2) is 0 Å². The van der Waals surface area contributed by atoms with Crippen molar-refractivity contribution in [3.8, 4) is 0 Å². The van der Waals surface area contributed by atoms with Crippen LogP contribution in [-0.4, -0.2) is 23.8 Å². The molecular weight excluding hydrogens is 196 g/mol. The van der Waals surface area contributed by atoms with E-state index in [9.17, 15) is 0 Å². The third-order valence-electron chi connectivity index (χ3n) is 4.42. The Bertz CT molecular complexity index is 227. The van der Waals surface area contributed by atoms with Crippen molar-refractivity contribution in [1.82, 2.24) is 4.90 Å². The molecule has 0 unspecified atom stereocenters. The standard InChI is InChI=1S/C14H26N2/c1-2-16(11-12-7-6-8-12)14(15)13-9-4-3-5-10-13/h12-13,15H,2-11H2,1H3. The fourth-order valence-electron chi connectivity index (χ4n) is 3.02. The quantitative estimate of drug-likeness (QED) is 0.570. The van der Waals surface area contributed by atoms with Gasteiger partial charge in [0.15, 0.2) is 0 Å². The molecule has 92 valence electrons. The molecule has 2 nitrogen and oxygen atoms in total. The molecule has 0 aliphatic heterocycles. The summed E-state index contributed by atoms with van der Waals surface area (Å²) < 4.78 is 0. The van der Waals surface area contributed by atoms with Crippen LogP contribution in [0.2, 0.25) is 0 Å². The van der Waals surface area contributed by atoms with Crippen LogP contribution in [0.3, 0.4) is 0 Å². The maximum atomic E-state index is 8.36. The van der Waals surface area contributed by atoms with Gasteiger partial charge in [0, 0.05) is 19.0 Å². The van der Waals surface area contributed by atoms with Crippen LogP contribution in [0.15, 0.2) is 0 Å². The van der Waals surface area contributed by atoms with Crippen molar-refractivity contribution in [2.75, 3.05) is 13.1 Å². The van der Waals surface area contributed by atoms with Gasteiger partial charge in [0.05, 0.1) is 5.84 Å². The van der Waals surface area contributed by atoms with Gasteiger partial charge in [-0.05, 0) is 38.5 Å². The largest absolute Gasteiger partial charge is 0.360 e. The monoisotopic (exact) mass is 222 g/mol. The lowest BCUT2D eigenvalue weighted by Gasteiger charge is -2.36. The third kappa shape index (κ3) is 2.78. The lowest BCUT2D eigenvalue weighted by atomic mass is 9.84. The van der Waals surface area contributed by atoms with Crippen LogP contribution >= 0.6 is 0 Å². The highest BCUT2D eigenvalue weighted by Gasteiger charge is 2.25. The van der Waals surface area contributed by atoms with E-state index < -0.39 is 0 Å². The van der Waals surface area contributed by atoms with Crippen LogP contribution in [0.4, 0.5) is 0 Å². The first-order valence-corrected chi connectivity index (χ1v) is 7.14. The first kappa shape index (κ1) is 11.9. The molecule has 2 saturated carbocycles. The maximum absolute atomic E-state index is 8.36. The van der Waals surface area contributed by atoms with Crippen molar-refractivity contribution in [3.63, 3.8) is 0 Å². The summed E-state index contributed by atoms with van der Waals surface area (Å²) in [5.41, 5.74) is 0. The minimum atomic E-state index is 0.578. The lowest BCUT2D eigenvalue weighted by molar-refractivity contribution is 0.233. The second kappa shape index (κ2) is 5.70. The predicted molar refractivity (Wildman–Crippen MR) is 68.9 cm³/mol. The van der Waals surface area contributed by atoms with Crippen LogP contribution in [0.25, 0.3) is 0 Å². The van der Waals surface area contributed by atoms with Crippen LogP contribution in [-0.2, 0) is 0 Å². The minimum Gasteiger partial charge on any atom is -0.360 e. The van der Waals surface area contributed by atoms with E-state index in [2.05, 4.69) is 11.8 Å². The average Bonchev–Trinajstić information content (AvgIpc) is 2.28. The summed E-state index contributed by atoms with van der Waals surface area (Å²) in [5.74, 6) is 2.42. The van der Waals surface area contributed by atoms with Crippen molar-refractivity contribution in [1.29, 1.82) is 5.41 Å². The highest BCUT2D eigenvalue weighted by Crippen LogP contribution is 2.29. The van der Waals surface area contributed by atoms with Gasteiger partial charge in [0.2, 0.25) is 0 Å². The van der Waals surface area contributed by atoms with E-state index in [0.717, 1.165) is 24.8 Å². The molecule has 0 radical (unpaired) electrons. The van der Waals surface area contributed by atoms with Gasteiger partial charge >= 0.3 is 0 Å². The molecule has 2 aliphatic carbocycles. The van der Waals surface area contributed by atoms with Crippen LogP contribution in [0, 0.1) is 17.2 Å². The first-order chi connectivity index (χ1) is 7.81. The van der Waals surface area contributed by atoms with Gasteiger partial charge in [-0.3, -0.25) is 5.41 Å². The Hall–Kier alpha value is -0.530. The molecule has 1 N–H and O–H groups in total. The summed E-state index contributed by atoms with van der Waals surface area (Å²) in [6.45, 7) is 4.40. The number of hydrogen-bond donors (Lipinski definition) is 1. The van der Waals surface area contributed by atoms with Crippen LogP contribution < -0.4 is 0 Å². The van der Waals surface area contributed by atoms with Crippen molar-refractivity contribution in [3.05, 3.63) is 0 Å². The van der Waals surface area contributed by atoms with Crippen molar-refractivity contribution < 1.29 is 0 Å². The smallest absolute Gasteiger partial charge is 0.0989 e. The number of hydrogen-bond acceptors (Lipinski definition) is 1. The molecule has 2 aliphatic rings. The Morgan fingerprint density at radius 1 is 1.06 bits per heavy atom. The molecular formula is C14H26N2. The van der Waals surface area contributed by atoms with E-state index in [1.54, 1.807) is 0 Å². The van der Waals surface area contributed by atoms with Gasteiger partial charge in [-0.15, -0.1) is 0 Å². The minimum absolute atomic E-state index is 0.578. The summed E-state index contributed by atoms with van der Waals surface area (Å²) in [5, 5.41) is 8.36. The molecule has 2 heteroatoms. The van der Waals surface area contributed by atoms with Crippen LogP contribution in [0.1, 0.15) is 58.3 Å². The second-order valence-electron chi connectivity index (χ2n) is 5.56. The molecule has 16 heavy (non-hydrogen) atoms. The number of rotatable bonds is 4. The SMILES string of the molecule is CCN(CC1CCC1)C(=N)C1CCCCC1. The Morgan fingerprint density at radius 2 is 1.75 bits per heavy atom. The molecule has 0 spiro atoms. The number of nitrogens with one attached hydrogen (secondary N) is 1. The molecule has 0 aromatic carbocycles. The molecule has 2 rings (SSSR count). The Kier molecular flexibility index (Phi) is 4.25. The molecule has 0 aromatic heterocycles. The predicted octanol–water partition coefficient (Wildman–Crippen LogP) is 3.67. The molecule has 0 amide bonds. The van der Waals surface area contributed by atoms with Gasteiger partial charge in [0.25, 0.3) is 0 Å². The lowest BCUT2D eigenvalue weighted by Crippen LogP contribution is -2.40. The van der Waals surface area contributed by atoms with Crippen molar-refractivity contribution in [2.24, 2.45) is 11.8 Å². The molecule has 2 fully saturated rings. The summed E-state index contributed by atoms with van der Waals surface area (Å²) in [6.07, 6.45) is 10.8. The number of amidine groups is 1. The zero-order chi connectivity index (χ0) is 11.4. The van der Waals surface area contributed by atoms with Crippen LogP contribution in [0.5, 0.6) is 0 Å². The zero-order valence-electron chi connectivity index (χ0n) is 10.7. The summed E-state index contributed by atoms with van der Waals surface area (Å²) in [6, 6.07) is 0. The molecule has 0 atom stereocenters. The van der Waals surface area contributed by atoms with Gasteiger partial charge < -0.3 is 4.90 Å². The van der Waals surface area contributed by atoms with Gasteiger partial charge in [-0.1, -0.05) is 25.7 Å².